The van der Waals surface area contributed by atoms with Crippen LogP contribution < -0.4 is 9.87 Å². The Morgan fingerprint density at radius 1 is 0.646 bits per heavy atom. The maximum atomic E-state index is 9.87. The van der Waals surface area contributed by atoms with Gasteiger partial charge in [-0.2, -0.15) is 0 Å². The minimum atomic E-state index is -10.7. The Morgan fingerprint density at radius 2 is 1.02 bits per heavy atom. The Hall–Kier alpha value is -2.56. The van der Waals surface area contributed by atoms with Crippen molar-refractivity contribution in [1.82, 2.24) is 4.57 Å². The van der Waals surface area contributed by atoms with E-state index in [1.807, 2.05) is 0 Å². The fraction of sp³-hybridized carbons (Fsp3) is 0.324. The number of imidazole rings is 1. The maximum Gasteiger partial charge on any atom is 0 e. The molecule has 267 valence electrons. The van der Waals surface area contributed by atoms with Crippen LogP contribution in [0.25, 0.3) is 11.4 Å². The summed E-state index contributed by atoms with van der Waals surface area (Å²) in [5.41, 5.74) is 10.1. The minimum absolute atomic E-state index is 0. The van der Waals surface area contributed by atoms with E-state index in [-0.39, 0.29) is 28.0 Å². The van der Waals surface area contributed by atoms with Crippen LogP contribution in [0, 0.1) is 47.9 Å². The number of nitrogens with zero attached hydrogens (tertiary/aromatic N) is 2. The monoisotopic (exact) mass is 888 g/mol. The molecule has 0 spiro atoms. The van der Waals surface area contributed by atoms with Gasteiger partial charge in [0.25, 0.3) is 6.33 Å². The van der Waals surface area contributed by atoms with E-state index >= 15 is 0 Å². The molecule has 1 heterocycles. The summed E-state index contributed by atoms with van der Waals surface area (Å²) < 4.78 is 63.4. The molecule has 0 aliphatic heterocycles. The van der Waals surface area contributed by atoms with Crippen LogP contribution in [0.15, 0.2) is 91.3 Å². The summed E-state index contributed by atoms with van der Waals surface area (Å²) in [4.78, 5) is 0. The SMILES string of the molecule is C1=C\CC/C=C\CC/1.CP(C)c1ccccc1.Cc1cc(C)c(-n2[c-][n+](-c3c(C)cc(C)cc3C)cc2)c(C)c1.F[P-](F)(F)(F)(F)F.[Ir]. The molecule has 48 heavy (non-hydrogen) atoms. The molecule has 1 aliphatic rings. The summed E-state index contributed by atoms with van der Waals surface area (Å²) in [6.45, 7) is 17.5. The largest absolute Gasteiger partial charge is 0 e. The molecule has 11 heteroatoms. The molecule has 0 amide bonds. The average molecular weight is 888 g/mol. The van der Waals surface area contributed by atoms with Crippen LogP contribution >= 0.6 is 15.7 Å². The summed E-state index contributed by atoms with van der Waals surface area (Å²) in [6.07, 6.45) is 21.7. The molecule has 1 aliphatic carbocycles. The van der Waals surface area contributed by atoms with Gasteiger partial charge in [0.15, 0.2) is 0 Å². The zero-order valence-corrected chi connectivity index (χ0v) is 33.1. The molecule has 0 atom stereocenters. The minimum Gasteiger partial charge on any atom is 0 e. The van der Waals surface area contributed by atoms with Crippen LogP contribution in [0.5, 0.6) is 0 Å². The molecule has 3 aromatic carbocycles. The van der Waals surface area contributed by atoms with Crippen LogP contribution in [0.2, 0.25) is 0 Å². The van der Waals surface area contributed by atoms with E-state index < -0.39 is 7.81 Å². The number of aromatic nitrogens is 2. The summed E-state index contributed by atoms with van der Waals surface area (Å²) in [5.74, 6) is 0. The predicted octanol–water partition coefficient (Wildman–Crippen LogP) is 12.5. The number of allylic oxidation sites excluding steroid dienone is 4. The molecule has 0 bridgehead atoms. The third-order valence-electron chi connectivity index (χ3n) is 6.94. The molecule has 0 saturated carbocycles. The number of hydrogen-bond donors (Lipinski definition) is 0. The number of hydrogen-bond acceptors (Lipinski definition) is 0. The Bertz CT molecular complexity index is 1510. The molecule has 0 N–H and O–H groups in total. The third kappa shape index (κ3) is 17.7. The normalized spacial score (nSPS) is 15.2. The van der Waals surface area contributed by atoms with E-state index in [2.05, 4.69) is 162 Å². The Labute approximate surface area is 297 Å². The van der Waals surface area contributed by atoms with Crippen molar-refractivity contribution < 1.29 is 49.9 Å². The van der Waals surface area contributed by atoms with E-state index in [1.165, 1.54) is 75.7 Å². The van der Waals surface area contributed by atoms with E-state index in [4.69, 9.17) is 0 Å². The van der Waals surface area contributed by atoms with Gasteiger partial charge < -0.3 is 0 Å². The number of aryl methyl sites for hydroxylation is 6. The van der Waals surface area contributed by atoms with Gasteiger partial charge in [-0.15, -0.1) is 0 Å². The van der Waals surface area contributed by atoms with Crippen LogP contribution in [-0.2, 0) is 20.1 Å². The standard InChI is InChI=1S/C21H24N2.C8H11P.C8H12.F6P.Ir/c1-14-9-16(3)20(17(4)10-14)22-7-8-23(13-22)21-18(5)11-15(2)12-19(21)6;1-9(2)8-6-4-3-5-7-8;1-2-4-6-8-7-5-3-1;1-7(2,3,4,5)6;/h7-12H,1-6H3;3-7H,1-2H3;1-2,7-8H,3-6H2;;/q;;;-1;/b;;2-1-,8-7-;;. The van der Waals surface area contributed by atoms with Crippen molar-refractivity contribution in [3.63, 3.8) is 0 Å². The van der Waals surface area contributed by atoms with Crippen LogP contribution in [-0.4, -0.2) is 17.9 Å². The zero-order valence-electron chi connectivity index (χ0n) is 28.9. The maximum absolute atomic E-state index is 10.7. The molecule has 1 radical (unpaired) electrons. The van der Waals surface area contributed by atoms with Crippen molar-refractivity contribution in [2.24, 2.45) is 0 Å². The summed E-state index contributed by atoms with van der Waals surface area (Å²) >= 11 is 0. The molecular weight excluding hydrogens is 841 g/mol. The van der Waals surface area contributed by atoms with Gasteiger partial charge in [-0.3, -0.25) is 9.13 Å². The molecule has 1 aromatic heterocycles. The van der Waals surface area contributed by atoms with Gasteiger partial charge in [0, 0.05) is 32.5 Å². The Balaban J connectivity index is 0.000000379. The van der Waals surface area contributed by atoms with Crippen molar-refractivity contribution in [2.75, 3.05) is 13.3 Å². The zero-order chi connectivity index (χ0) is 35.5. The van der Waals surface area contributed by atoms with Gasteiger partial charge in [0.05, 0.1) is 11.4 Å². The average Bonchev–Trinajstić information content (AvgIpc) is 3.35. The van der Waals surface area contributed by atoms with Gasteiger partial charge in [-0.25, -0.2) is 0 Å². The molecule has 0 fully saturated rings. The van der Waals surface area contributed by atoms with E-state index in [0.29, 0.717) is 0 Å². The molecule has 0 unspecified atom stereocenters. The number of rotatable bonds is 3. The first-order valence-electron chi connectivity index (χ1n) is 15.4. The Morgan fingerprint density at radius 3 is 1.38 bits per heavy atom. The van der Waals surface area contributed by atoms with Crippen molar-refractivity contribution in [2.45, 2.75) is 67.2 Å². The molecule has 5 rings (SSSR count). The topological polar surface area (TPSA) is 8.81 Å². The van der Waals surface area contributed by atoms with Gasteiger partial charge >= 0.3 is 33.0 Å². The van der Waals surface area contributed by atoms with Crippen molar-refractivity contribution >= 4 is 21.0 Å². The fourth-order valence-corrected chi connectivity index (χ4v) is 6.02. The second kappa shape index (κ2) is 17.9. The first-order chi connectivity index (χ1) is 21.6. The van der Waals surface area contributed by atoms with Crippen molar-refractivity contribution in [3.8, 4) is 11.4 Å². The van der Waals surface area contributed by atoms with Crippen LogP contribution in [0.4, 0.5) is 25.2 Å². The smallest absolute Gasteiger partial charge is 0 e. The summed E-state index contributed by atoms with van der Waals surface area (Å²) in [5, 5.41) is 1.48. The second-order valence-electron chi connectivity index (χ2n) is 11.9. The molecule has 4 aromatic rings. The van der Waals surface area contributed by atoms with Gasteiger partial charge in [0.1, 0.15) is 0 Å². The van der Waals surface area contributed by atoms with Gasteiger partial charge in [-0.1, -0.05) is 97.9 Å². The fourth-order valence-electron chi connectivity index (χ4n) is 5.25. The van der Waals surface area contributed by atoms with Gasteiger partial charge in [-0.05, 0) is 108 Å². The molecule has 0 saturated heterocycles. The van der Waals surface area contributed by atoms with Crippen molar-refractivity contribution in [3.05, 3.63) is 131 Å². The van der Waals surface area contributed by atoms with Gasteiger partial charge in [0.2, 0.25) is 0 Å². The summed E-state index contributed by atoms with van der Waals surface area (Å²) in [6, 6.07) is 19.5. The van der Waals surface area contributed by atoms with Crippen LogP contribution in [0.3, 0.4) is 0 Å². The third-order valence-corrected chi connectivity index (χ3v) is 8.27. The first-order valence-corrected chi connectivity index (χ1v) is 19.7. The van der Waals surface area contributed by atoms with E-state index in [0.717, 1.165) is 0 Å². The van der Waals surface area contributed by atoms with Crippen LogP contribution in [0.1, 0.15) is 59.1 Å². The number of benzene rings is 3. The first kappa shape index (κ1) is 43.5. The Kier molecular flexibility index (Phi) is 16.2. The van der Waals surface area contributed by atoms with E-state index in [9.17, 15) is 25.2 Å². The predicted molar refractivity (Wildman–Crippen MR) is 190 cm³/mol. The number of halogens is 6. The summed E-state index contributed by atoms with van der Waals surface area (Å²) in [7, 11) is -10.6. The second-order valence-corrected chi connectivity index (χ2v) is 16.1. The molecular formula is C37H47F6IrN2P2-. The molecule has 2 nitrogen and oxygen atoms in total. The van der Waals surface area contributed by atoms with E-state index in [1.54, 1.807) is 0 Å². The quantitative estimate of drug-likeness (QED) is 0.0637. The van der Waals surface area contributed by atoms with Crippen molar-refractivity contribution in [1.29, 1.82) is 0 Å².